The van der Waals surface area contributed by atoms with Gasteiger partial charge in [-0.3, -0.25) is 14.5 Å². The van der Waals surface area contributed by atoms with Gasteiger partial charge >= 0.3 is 5.97 Å². The van der Waals surface area contributed by atoms with Gasteiger partial charge in [0.1, 0.15) is 11.6 Å². The fraction of sp³-hybridized carbons (Fsp3) is 0.529. The average molecular weight is 340 g/mol. The summed E-state index contributed by atoms with van der Waals surface area (Å²) in [7, 11) is 0. The van der Waals surface area contributed by atoms with Crippen LogP contribution in [0.2, 0.25) is 0 Å². The lowest BCUT2D eigenvalue weighted by molar-refractivity contribution is -0.150. The van der Waals surface area contributed by atoms with Crippen molar-refractivity contribution in [3.63, 3.8) is 0 Å². The molecule has 1 aromatic rings. The summed E-state index contributed by atoms with van der Waals surface area (Å²) in [6.07, 6.45) is 1.52. The van der Waals surface area contributed by atoms with E-state index in [1.807, 2.05) is 4.90 Å². The third kappa shape index (κ3) is 4.50. The monoisotopic (exact) mass is 340 g/mol. The Morgan fingerprint density at radius 3 is 2.83 bits per heavy atom. The first-order valence-electron chi connectivity index (χ1n) is 8.09. The highest BCUT2D eigenvalue weighted by Crippen LogP contribution is 2.21. The van der Waals surface area contributed by atoms with E-state index in [4.69, 9.17) is 4.74 Å². The van der Waals surface area contributed by atoms with Gasteiger partial charge < -0.3 is 10.1 Å². The molecule has 1 saturated heterocycles. The quantitative estimate of drug-likeness (QED) is 0.837. The van der Waals surface area contributed by atoms with Crippen LogP contribution in [0.4, 0.5) is 14.5 Å². The van der Waals surface area contributed by atoms with Crippen LogP contribution in [0, 0.1) is 17.6 Å². The SMILES string of the molecule is CCOC(=O)[C@@H]1CCCN([C@@H](C)C(=O)Nc2ccc(F)cc2F)C1. The Morgan fingerprint density at radius 1 is 1.42 bits per heavy atom. The number of esters is 1. The van der Waals surface area contributed by atoms with E-state index >= 15 is 0 Å². The molecule has 1 aliphatic rings. The number of halogens is 2. The summed E-state index contributed by atoms with van der Waals surface area (Å²) >= 11 is 0. The molecule has 5 nitrogen and oxygen atoms in total. The molecule has 2 rings (SSSR count). The lowest BCUT2D eigenvalue weighted by Gasteiger charge is -2.35. The van der Waals surface area contributed by atoms with Crippen LogP contribution in [0.5, 0.6) is 0 Å². The van der Waals surface area contributed by atoms with Crippen LogP contribution in [-0.4, -0.2) is 42.5 Å². The highest BCUT2D eigenvalue weighted by Gasteiger charge is 2.31. The highest BCUT2D eigenvalue weighted by atomic mass is 19.1. The van der Waals surface area contributed by atoms with Gasteiger partial charge in [0, 0.05) is 12.6 Å². The Balaban J connectivity index is 1.98. The summed E-state index contributed by atoms with van der Waals surface area (Å²) in [4.78, 5) is 26.1. The van der Waals surface area contributed by atoms with Crippen LogP contribution in [0.1, 0.15) is 26.7 Å². The molecule has 0 aliphatic carbocycles. The van der Waals surface area contributed by atoms with Crippen molar-refractivity contribution in [2.24, 2.45) is 5.92 Å². The average Bonchev–Trinajstić information content (AvgIpc) is 2.57. The fourth-order valence-corrected chi connectivity index (χ4v) is 2.80. The lowest BCUT2D eigenvalue weighted by Crippen LogP contribution is -2.48. The second kappa shape index (κ2) is 8.19. The van der Waals surface area contributed by atoms with Gasteiger partial charge in [-0.15, -0.1) is 0 Å². The van der Waals surface area contributed by atoms with E-state index in [1.165, 1.54) is 6.07 Å². The Bertz CT molecular complexity index is 609. The van der Waals surface area contributed by atoms with Crippen molar-refractivity contribution in [2.45, 2.75) is 32.7 Å². The standard InChI is InChI=1S/C17H22F2N2O3/c1-3-24-17(23)12-5-4-8-21(10-12)11(2)16(22)20-15-7-6-13(18)9-14(15)19/h6-7,9,11-12H,3-5,8,10H2,1-2H3,(H,20,22)/t11-,12+/m0/s1. The number of hydrogen-bond donors (Lipinski definition) is 1. The number of anilines is 1. The third-order valence-corrected chi connectivity index (χ3v) is 4.19. The van der Waals surface area contributed by atoms with Gasteiger partial charge in [-0.05, 0) is 45.4 Å². The number of likely N-dealkylation sites (tertiary alicyclic amines) is 1. The highest BCUT2D eigenvalue weighted by molar-refractivity contribution is 5.94. The Kier molecular flexibility index (Phi) is 6.25. The number of benzene rings is 1. The van der Waals surface area contributed by atoms with E-state index in [0.717, 1.165) is 25.0 Å². The van der Waals surface area contributed by atoms with Crippen LogP contribution in [0.25, 0.3) is 0 Å². The third-order valence-electron chi connectivity index (χ3n) is 4.19. The van der Waals surface area contributed by atoms with Gasteiger partial charge in [-0.2, -0.15) is 0 Å². The molecule has 0 aromatic heterocycles. The molecule has 7 heteroatoms. The summed E-state index contributed by atoms with van der Waals surface area (Å²) < 4.78 is 31.6. The molecule has 24 heavy (non-hydrogen) atoms. The minimum Gasteiger partial charge on any atom is -0.466 e. The summed E-state index contributed by atoms with van der Waals surface area (Å²) in [6.45, 7) is 4.89. The number of carbonyl (C=O) groups excluding carboxylic acids is 2. The van der Waals surface area contributed by atoms with E-state index < -0.39 is 23.6 Å². The number of piperidine rings is 1. The van der Waals surface area contributed by atoms with Crippen molar-refractivity contribution >= 4 is 17.6 Å². The van der Waals surface area contributed by atoms with Gasteiger partial charge in [0.2, 0.25) is 5.91 Å². The summed E-state index contributed by atoms with van der Waals surface area (Å²) in [5.41, 5.74) is -0.0628. The van der Waals surface area contributed by atoms with Crippen LogP contribution in [-0.2, 0) is 14.3 Å². The number of nitrogens with zero attached hydrogens (tertiary/aromatic N) is 1. The topological polar surface area (TPSA) is 58.6 Å². The molecule has 0 bridgehead atoms. The molecule has 2 atom stereocenters. The molecule has 0 spiro atoms. The maximum Gasteiger partial charge on any atom is 0.310 e. The van der Waals surface area contributed by atoms with Gasteiger partial charge in [-0.1, -0.05) is 0 Å². The Hall–Kier alpha value is -2.02. The fourth-order valence-electron chi connectivity index (χ4n) is 2.80. The molecule has 1 fully saturated rings. The van der Waals surface area contributed by atoms with Crippen LogP contribution in [0.3, 0.4) is 0 Å². The molecule has 1 aliphatic heterocycles. The number of amides is 1. The van der Waals surface area contributed by atoms with Crippen molar-refractivity contribution in [1.82, 2.24) is 4.90 Å². The van der Waals surface area contributed by atoms with Crippen LogP contribution < -0.4 is 5.32 Å². The molecule has 1 amide bonds. The lowest BCUT2D eigenvalue weighted by atomic mass is 9.97. The molecular weight excluding hydrogens is 318 g/mol. The minimum absolute atomic E-state index is 0.0628. The maximum absolute atomic E-state index is 13.6. The zero-order valence-electron chi connectivity index (χ0n) is 13.9. The van der Waals surface area contributed by atoms with Gasteiger partial charge in [0.25, 0.3) is 0 Å². The summed E-state index contributed by atoms with van der Waals surface area (Å²) in [6, 6.07) is 2.46. The molecule has 1 heterocycles. The van der Waals surface area contributed by atoms with Crippen molar-refractivity contribution in [3.8, 4) is 0 Å². The predicted octanol–water partition coefficient (Wildman–Crippen LogP) is 2.57. The molecule has 0 unspecified atom stereocenters. The van der Waals surface area contributed by atoms with Gasteiger partial charge in [0.05, 0.1) is 24.3 Å². The van der Waals surface area contributed by atoms with Gasteiger partial charge in [-0.25, -0.2) is 8.78 Å². The van der Waals surface area contributed by atoms with E-state index in [1.54, 1.807) is 13.8 Å². The van der Waals surface area contributed by atoms with E-state index in [-0.39, 0.29) is 17.6 Å². The molecule has 1 N–H and O–H groups in total. The summed E-state index contributed by atoms with van der Waals surface area (Å²) in [5, 5.41) is 2.47. The van der Waals surface area contributed by atoms with Crippen molar-refractivity contribution < 1.29 is 23.1 Å². The zero-order valence-corrected chi connectivity index (χ0v) is 13.9. The molecule has 0 radical (unpaired) electrons. The Morgan fingerprint density at radius 2 is 2.17 bits per heavy atom. The van der Waals surface area contributed by atoms with Crippen LogP contribution in [0.15, 0.2) is 18.2 Å². The minimum atomic E-state index is -0.821. The first kappa shape index (κ1) is 18.3. The van der Waals surface area contributed by atoms with E-state index in [0.29, 0.717) is 19.7 Å². The number of carbonyl (C=O) groups is 2. The largest absolute Gasteiger partial charge is 0.466 e. The molecular formula is C17H22F2N2O3. The predicted molar refractivity (Wildman–Crippen MR) is 85.4 cm³/mol. The number of hydrogen-bond acceptors (Lipinski definition) is 4. The van der Waals surface area contributed by atoms with E-state index in [9.17, 15) is 18.4 Å². The molecule has 1 aromatic carbocycles. The van der Waals surface area contributed by atoms with Crippen molar-refractivity contribution in [3.05, 3.63) is 29.8 Å². The second-order valence-corrected chi connectivity index (χ2v) is 5.88. The van der Waals surface area contributed by atoms with E-state index in [2.05, 4.69) is 5.32 Å². The molecule has 0 saturated carbocycles. The van der Waals surface area contributed by atoms with Crippen LogP contribution >= 0.6 is 0 Å². The maximum atomic E-state index is 13.6. The normalized spacial score (nSPS) is 19.6. The smallest absolute Gasteiger partial charge is 0.310 e. The molecule has 132 valence electrons. The van der Waals surface area contributed by atoms with Crippen molar-refractivity contribution in [2.75, 3.05) is 25.0 Å². The first-order valence-corrected chi connectivity index (χ1v) is 8.09. The number of ether oxygens (including phenoxy) is 1. The summed E-state index contributed by atoms with van der Waals surface area (Å²) in [5.74, 6) is -2.42. The van der Waals surface area contributed by atoms with Gasteiger partial charge in [0.15, 0.2) is 0 Å². The second-order valence-electron chi connectivity index (χ2n) is 5.88. The van der Waals surface area contributed by atoms with Crippen molar-refractivity contribution in [1.29, 1.82) is 0 Å². The number of rotatable bonds is 5. The zero-order chi connectivity index (χ0) is 17.7. The first-order chi connectivity index (χ1) is 11.4. The Labute approximate surface area is 140 Å². The number of nitrogens with one attached hydrogen (secondary N) is 1.